The van der Waals surface area contributed by atoms with Crippen molar-refractivity contribution in [3.8, 4) is 0 Å². The highest BCUT2D eigenvalue weighted by Gasteiger charge is 2.37. The number of likely N-dealkylation sites (tertiary alicyclic amines) is 1. The van der Waals surface area contributed by atoms with Crippen LogP contribution in [-0.2, 0) is 0 Å². The van der Waals surface area contributed by atoms with Crippen molar-refractivity contribution in [1.29, 1.82) is 0 Å². The summed E-state index contributed by atoms with van der Waals surface area (Å²) >= 11 is 0. The topological polar surface area (TPSA) is 18.5 Å². The summed E-state index contributed by atoms with van der Waals surface area (Å²) in [5.74, 6) is 0.884. The first-order chi connectivity index (χ1) is 9.55. The van der Waals surface area contributed by atoms with E-state index in [0.717, 1.165) is 12.0 Å². The lowest BCUT2D eigenvalue weighted by atomic mass is 9.75. The number of rotatable bonds is 5. The van der Waals surface area contributed by atoms with Crippen molar-refractivity contribution in [2.45, 2.75) is 64.0 Å². The normalized spacial score (nSPS) is 33.8. The van der Waals surface area contributed by atoms with Gasteiger partial charge >= 0.3 is 0 Å². The van der Waals surface area contributed by atoms with Gasteiger partial charge < -0.3 is 15.1 Å². The quantitative estimate of drug-likeness (QED) is 0.835. The van der Waals surface area contributed by atoms with Gasteiger partial charge in [0.15, 0.2) is 0 Å². The molecule has 0 aromatic carbocycles. The summed E-state index contributed by atoms with van der Waals surface area (Å²) in [6.45, 7) is 9.65. The fourth-order valence-corrected chi connectivity index (χ4v) is 4.14. The largest absolute Gasteiger partial charge is 0.312 e. The van der Waals surface area contributed by atoms with Gasteiger partial charge in [-0.05, 0) is 65.3 Å². The molecule has 2 rings (SSSR count). The average Bonchev–Trinajstić information content (AvgIpc) is 2.45. The summed E-state index contributed by atoms with van der Waals surface area (Å²) in [4.78, 5) is 5.07. The van der Waals surface area contributed by atoms with Crippen LogP contribution in [0, 0.1) is 5.92 Å². The van der Waals surface area contributed by atoms with E-state index in [4.69, 9.17) is 0 Å². The Bertz CT molecular complexity index is 284. The molecule has 0 amide bonds. The summed E-state index contributed by atoms with van der Waals surface area (Å²) in [7, 11) is 4.55. The fourth-order valence-electron chi connectivity index (χ4n) is 4.14. The number of hydrogen-bond acceptors (Lipinski definition) is 3. The van der Waals surface area contributed by atoms with E-state index in [1.807, 2.05) is 0 Å². The Kier molecular flexibility index (Phi) is 5.88. The van der Waals surface area contributed by atoms with Crippen molar-refractivity contribution >= 4 is 0 Å². The molecule has 118 valence electrons. The average molecular weight is 281 g/mol. The lowest BCUT2D eigenvalue weighted by Crippen LogP contribution is -2.56. The zero-order valence-electron chi connectivity index (χ0n) is 14.1. The minimum absolute atomic E-state index is 0.402. The molecule has 1 aliphatic carbocycles. The second kappa shape index (κ2) is 7.24. The van der Waals surface area contributed by atoms with Crippen LogP contribution in [0.5, 0.6) is 0 Å². The van der Waals surface area contributed by atoms with Gasteiger partial charge in [-0.1, -0.05) is 26.7 Å². The van der Waals surface area contributed by atoms with Gasteiger partial charge in [-0.3, -0.25) is 0 Å². The maximum absolute atomic E-state index is 3.91. The fraction of sp³-hybridized carbons (Fsp3) is 1.00. The number of nitrogens with zero attached hydrogens (tertiary/aromatic N) is 2. The summed E-state index contributed by atoms with van der Waals surface area (Å²) < 4.78 is 0. The molecule has 2 unspecified atom stereocenters. The molecule has 1 saturated heterocycles. The van der Waals surface area contributed by atoms with Crippen LogP contribution in [0.1, 0.15) is 52.4 Å². The molecule has 3 heteroatoms. The van der Waals surface area contributed by atoms with Gasteiger partial charge in [0.1, 0.15) is 0 Å². The van der Waals surface area contributed by atoms with Gasteiger partial charge in [0.2, 0.25) is 0 Å². The zero-order chi connectivity index (χ0) is 14.6. The zero-order valence-corrected chi connectivity index (χ0v) is 14.1. The highest BCUT2D eigenvalue weighted by Crippen LogP contribution is 2.35. The first-order valence-corrected chi connectivity index (χ1v) is 8.69. The lowest BCUT2D eigenvalue weighted by Gasteiger charge is -2.46. The minimum atomic E-state index is 0.402. The van der Waals surface area contributed by atoms with Crippen LogP contribution in [0.4, 0.5) is 0 Å². The molecule has 1 heterocycles. The van der Waals surface area contributed by atoms with Crippen molar-refractivity contribution in [2.75, 3.05) is 40.3 Å². The molecule has 2 atom stereocenters. The number of likely N-dealkylation sites (N-methyl/N-ethyl adjacent to an activating group) is 1. The van der Waals surface area contributed by atoms with Gasteiger partial charge in [-0.2, -0.15) is 0 Å². The highest BCUT2D eigenvalue weighted by atomic mass is 15.2. The van der Waals surface area contributed by atoms with E-state index in [-0.39, 0.29) is 0 Å². The van der Waals surface area contributed by atoms with Gasteiger partial charge in [0, 0.05) is 18.1 Å². The third-order valence-corrected chi connectivity index (χ3v) is 5.77. The highest BCUT2D eigenvalue weighted by molar-refractivity contribution is 4.95. The first kappa shape index (κ1) is 16.3. The molecular weight excluding hydrogens is 246 g/mol. The summed E-state index contributed by atoms with van der Waals surface area (Å²) in [5, 5.41) is 3.91. The molecule has 0 radical (unpaired) electrons. The molecule has 3 nitrogen and oxygen atoms in total. The third kappa shape index (κ3) is 3.96. The van der Waals surface area contributed by atoms with Crippen LogP contribution in [-0.4, -0.2) is 61.7 Å². The van der Waals surface area contributed by atoms with E-state index < -0.39 is 0 Å². The van der Waals surface area contributed by atoms with Crippen molar-refractivity contribution < 1.29 is 0 Å². The number of hydrogen-bond donors (Lipinski definition) is 1. The second-order valence-corrected chi connectivity index (χ2v) is 7.41. The molecule has 20 heavy (non-hydrogen) atoms. The van der Waals surface area contributed by atoms with Gasteiger partial charge in [0.25, 0.3) is 0 Å². The van der Waals surface area contributed by atoms with Crippen LogP contribution in [0.25, 0.3) is 0 Å². The maximum atomic E-state index is 3.91. The monoisotopic (exact) mass is 281 g/mol. The molecule has 0 spiro atoms. The Labute approximate surface area is 126 Å². The van der Waals surface area contributed by atoms with Crippen molar-refractivity contribution in [3.05, 3.63) is 0 Å². The van der Waals surface area contributed by atoms with E-state index >= 15 is 0 Å². The summed E-state index contributed by atoms with van der Waals surface area (Å²) in [6.07, 6.45) is 8.20. The summed E-state index contributed by atoms with van der Waals surface area (Å²) in [5.41, 5.74) is 0.402. The van der Waals surface area contributed by atoms with Crippen LogP contribution in [0.3, 0.4) is 0 Å². The molecule has 0 bridgehead atoms. The van der Waals surface area contributed by atoms with E-state index in [9.17, 15) is 0 Å². The Morgan fingerprint density at radius 1 is 1.20 bits per heavy atom. The SMILES string of the molecule is CCN1CCC(NCC2(N(C)C)CCCC(C)C2)CC1. The third-order valence-electron chi connectivity index (χ3n) is 5.77. The second-order valence-electron chi connectivity index (χ2n) is 7.41. The van der Waals surface area contributed by atoms with Gasteiger partial charge in [-0.15, -0.1) is 0 Å². The molecular formula is C17H35N3. The number of nitrogens with one attached hydrogen (secondary N) is 1. The van der Waals surface area contributed by atoms with E-state index in [1.165, 1.54) is 64.7 Å². The van der Waals surface area contributed by atoms with Crippen LogP contribution >= 0.6 is 0 Å². The van der Waals surface area contributed by atoms with Crippen molar-refractivity contribution in [1.82, 2.24) is 15.1 Å². The maximum Gasteiger partial charge on any atom is 0.0330 e. The van der Waals surface area contributed by atoms with Crippen molar-refractivity contribution in [2.24, 2.45) is 5.92 Å². The van der Waals surface area contributed by atoms with Crippen LogP contribution < -0.4 is 5.32 Å². The Balaban J connectivity index is 1.84. The van der Waals surface area contributed by atoms with Crippen molar-refractivity contribution in [3.63, 3.8) is 0 Å². The molecule has 1 N–H and O–H groups in total. The van der Waals surface area contributed by atoms with Crippen LogP contribution in [0.15, 0.2) is 0 Å². The van der Waals surface area contributed by atoms with Crippen LogP contribution in [0.2, 0.25) is 0 Å². The van der Waals surface area contributed by atoms with E-state index in [2.05, 4.69) is 43.1 Å². The molecule has 2 fully saturated rings. The van der Waals surface area contributed by atoms with Gasteiger partial charge in [0.05, 0.1) is 0 Å². The predicted molar refractivity (Wildman–Crippen MR) is 87.2 cm³/mol. The first-order valence-electron chi connectivity index (χ1n) is 8.69. The number of piperidine rings is 1. The molecule has 0 aromatic heterocycles. The Morgan fingerprint density at radius 3 is 2.45 bits per heavy atom. The lowest BCUT2D eigenvalue weighted by molar-refractivity contribution is 0.0684. The van der Waals surface area contributed by atoms with E-state index in [0.29, 0.717) is 5.54 Å². The van der Waals surface area contributed by atoms with E-state index in [1.54, 1.807) is 0 Å². The minimum Gasteiger partial charge on any atom is -0.312 e. The molecule has 0 aromatic rings. The Morgan fingerprint density at radius 2 is 1.90 bits per heavy atom. The smallest absolute Gasteiger partial charge is 0.0330 e. The summed E-state index contributed by atoms with van der Waals surface area (Å²) in [6, 6.07) is 0.742. The molecule has 1 aliphatic heterocycles. The molecule has 1 saturated carbocycles. The van der Waals surface area contributed by atoms with Gasteiger partial charge in [-0.25, -0.2) is 0 Å². The molecule has 2 aliphatic rings. The Hall–Kier alpha value is -0.120. The predicted octanol–water partition coefficient (Wildman–Crippen LogP) is 2.57. The standard InChI is InChI=1S/C17H35N3/c1-5-20-11-8-16(9-12-20)18-14-17(19(3)4)10-6-7-15(2)13-17/h15-16,18H,5-14H2,1-4H3.